The lowest BCUT2D eigenvalue weighted by Crippen LogP contribution is -2.31. The number of rotatable bonds is 5. The van der Waals surface area contributed by atoms with E-state index in [0.717, 1.165) is 12.1 Å². The largest absolute Gasteiger partial charge is 0.470 e. The van der Waals surface area contributed by atoms with Crippen molar-refractivity contribution in [3.63, 3.8) is 0 Å². The van der Waals surface area contributed by atoms with E-state index in [4.69, 9.17) is 0 Å². The maximum atomic E-state index is 14.9. The van der Waals surface area contributed by atoms with Gasteiger partial charge in [-0.3, -0.25) is 9.78 Å². The van der Waals surface area contributed by atoms with E-state index >= 15 is 0 Å². The fraction of sp³-hybridized carbons (Fsp3) is 0.0909. The number of pyridine rings is 1. The highest BCUT2D eigenvalue weighted by atomic mass is 19.4. The molecule has 0 atom stereocenters. The van der Waals surface area contributed by atoms with E-state index in [-0.39, 0.29) is 28.9 Å². The molecule has 4 rings (SSSR count). The second-order valence-electron chi connectivity index (χ2n) is 6.82. The molecular weight excluding hydrogens is 447 g/mol. The summed E-state index contributed by atoms with van der Waals surface area (Å²) in [5.74, 6) is -4.01. The number of hydrogen-bond donors (Lipinski definition) is 0. The summed E-state index contributed by atoms with van der Waals surface area (Å²) >= 11 is 0. The molecule has 11 heteroatoms. The smallest absolute Gasteiger partial charge is 0.413 e. The molecule has 0 aliphatic heterocycles. The van der Waals surface area contributed by atoms with Gasteiger partial charge in [0.2, 0.25) is 5.89 Å². The summed E-state index contributed by atoms with van der Waals surface area (Å²) < 4.78 is 71.3. The van der Waals surface area contributed by atoms with Crippen molar-refractivity contribution >= 4 is 11.6 Å². The molecular formula is C22H13F5N4O2. The molecule has 0 fully saturated rings. The maximum Gasteiger partial charge on any atom is 0.470 e. The zero-order chi connectivity index (χ0) is 23.6. The first-order chi connectivity index (χ1) is 15.7. The summed E-state index contributed by atoms with van der Waals surface area (Å²) in [7, 11) is 0. The SMILES string of the molecule is O=C(c1ccncc1)N(Cc1ccc(-c2nnc(C(F)(F)F)o2)cc1F)c1cccc(F)c1. The van der Waals surface area contributed by atoms with Crippen LogP contribution in [0.4, 0.5) is 27.6 Å². The van der Waals surface area contributed by atoms with Crippen LogP contribution in [-0.4, -0.2) is 21.1 Å². The number of amides is 1. The van der Waals surface area contributed by atoms with Gasteiger partial charge < -0.3 is 9.32 Å². The Hall–Kier alpha value is -4.15. The van der Waals surface area contributed by atoms with Crippen LogP contribution in [0, 0.1) is 11.6 Å². The van der Waals surface area contributed by atoms with E-state index in [9.17, 15) is 26.7 Å². The zero-order valence-electron chi connectivity index (χ0n) is 16.6. The summed E-state index contributed by atoms with van der Waals surface area (Å²) in [5.41, 5.74) is 0.391. The molecule has 0 radical (unpaired) electrons. The van der Waals surface area contributed by atoms with Gasteiger partial charge in [-0.2, -0.15) is 13.2 Å². The predicted molar refractivity (Wildman–Crippen MR) is 106 cm³/mol. The van der Waals surface area contributed by atoms with Crippen LogP contribution in [0.3, 0.4) is 0 Å². The Morgan fingerprint density at radius 3 is 2.36 bits per heavy atom. The third kappa shape index (κ3) is 4.86. The number of nitrogens with zero attached hydrogens (tertiary/aromatic N) is 4. The van der Waals surface area contributed by atoms with Gasteiger partial charge in [-0.15, -0.1) is 10.2 Å². The van der Waals surface area contributed by atoms with Gasteiger partial charge in [0.05, 0.1) is 6.54 Å². The van der Waals surface area contributed by atoms with Crippen LogP contribution >= 0.6 is 0 Å². The third-order valence-corrected chi connectivity index (χ3v) is 4.59. The molecule has 2 heterocycles. The maximum absolute atomic E-state index is 14.9. The Morgan fingerprint density at radius 2 is 1.73 bits per heavy atom. The first kappa shape index (κ1) is 22.1. The lowest BCUT2D eigenvalue weighted by Gasteiger charge is -2.23. The zero-order valence-corrected chi connectivity index (χ0v) is 16.6. The summed E-state index contributed by atoms with van der Waals surface area (Å²) in [6.45, 7) is -0.283. The fourth-order valence-electron chi connectivity index (χ4n) is 3.01. The van der Waals surface area contributed by atoms with Crippen molar-refractivity contribution in [3.05, 3.63) is 95.6 Å². The van der Waals surface area contributed by atoms with Crippen molar-refractivity contribution in [1.29, 1.82) is 0 Å². The molecule has 4 aromatic rings. The summed E-state index contributed by atoms with van der Waals surface area (Å²) in [5, 5.41) is 6.21. The lowest BCUT2D eigenvalue weighted by molar-refractivity contribution is -0.156. The van der Waals surface area contributed by atoms with E-state index in [1.54, 1.807) is 0 Å². The molecule has 2 aromatic heterocycles. The quantitative estimate of drug-likeness (QED) is 0.379. The lowest BCUT2D eigenvalue weighted by atomic mass is 10.1. The van der Waals surface area contributed by atoms with Crippen molar-refractivity contribution in [2.75, 3.05) is 4.90 Å². The fourth-order valence-corrected chi connectivity index (χ4v) is 3.01. The van der Waals surface area contributed by atoms with Gasteiger partial charge in [0.1, 0.15) is 11.6 Å². The first-order valence-electron chi connectivity index (χ1n) is 9.39. The Bertz CT molecular complexity index is 1290. The molecule has 33 heavy (non-hydrogen) atoms. The van der Waals surface area contributed by atoms with Crippen LogP contribution in [0.2, 0.25) is 0 Å². The van der Waals surface area contributed by atoms with Crippen LogP contribution in [0.1, 0.15) is 21.8 Å². The molecule has 1 amide bonds. The van der Waals surface area contributed by atoms with Gasteiger partial charge in [0.15, 0.2) is 0 Å². The number of hydrogen-bond acceptors (Lipinski definition) is 5. The second-order valence-corrected chi connectivity index (χ2v) is 6.82. The average molecular weight is 460 g/mol. The normalized spacial score (nSPS) is 11.4. The predicted octanol–water partition coefficient (Wildman–Crippen LogP) is 5.28. The molecule has 0 aliphatic rings. The Morgan fingerprint density at radius 1 is 0.970 bits per heavy atom. The van der Waals surface area contributed by atoms with Crippen LogP contribution in [0.25, 0.3) is 11.5 Å². The van der Waals surface area contributed by atoms with Crippen molar-refractivity contribution < 1.29 is 31.2 Å². The summed E-state index contributed by atoms with van der Waals surface area (Å²) in [6.07, 6.45) is -2.01. The average Bonchev–Trinajstić information content (AvgIpc) is 3.29. The number of benzene rings is 2. The highest BCUT2D eigenvalue weighted by Crippen LogP contribution is 2.31. The second kappa shape index (κ2) is 8.77. The monoisotopic (exact) mass is 460 g/mol. The van der Waals surface area contributed by atoms with E-state index in [2.05, 4.69) is 19.6 Å². The molecule has 0 N–H and O–H groups in total. The van der Waals surface area contributed by atoms with Gasteiger partial charge in [-0.25, -0.2) is 8.78 Å². The Labute approximate surface area is 183 Å². The van der Waals surface area contributed by atoms with E-state index in [1.165, 1.54) is 59.8 Å². The molecule has 0 saturated heterocycles. The number of carbonyl (C=O) groups is 1. The minimum absolute atomic E-state index is 0.0287. The molecule has 6 nitrogen and oxygen atoms in total. The van der Waals surface area contributed by atoms with E-state index < -0.39 is 35.5 Å². The first-order valence-corrected chi connectivity index (χ1v) is 9.39. The van der Waals surface area contributed by atoms with Crippen LogP contribution in [0.5, 0.6) is 0 Å². The van der Waals surface area contributed by atoms with Gasteiger partial charge in [0, 0.05) is 34.8 Å². The highest BCUT2D eigenvalue weighted by Gasteiger charge is 2.38. The Balaban J connectivity index is 1.66. The topological polar surface area (TPSA) is 72.1 Å². The van der Waals surface area contributed by atoms with Crippen molar-refractivity contribution in [1.82, 2.24) is 15.2 Å². The van der Waals surface area contributed by atoms with Gasteiger partial charge in [0.25, 0.3) is 5.91 Å². The number of halogens is 5. The molecule has 168 valence electrons. The van der Waals surface area contributed by atoms with Crippen molar-refractivity contribution in [2.45, 2.75) is 12.7 Å². The molecule has 0 spiro atoms. The number of aromatic nitrogens is 3. The van der Waals surface area contributed by atoms with E-state index in [1.807, 2.05) is 0 Å². The molecule has 0 saturated carbocycles. The molecule has 0 bridgehead atoms. The highest BCUT2D eigenvalue weighted by molar-refractivity contribution is 6.05. The number of alkyl halides is 3. The summed E-state index contributed by atoms with van der Waals surface area (Å²) in [4.78, 5) is 18.1. The van der Waals surface area contributed by atoms with Gasteiger partial charge in [-0.1, -0.05) is 12.1 Å². The van der Waals surface area contributed by atoms with Gasteiger partial charge in [-0.05, 0) is 42.5 Å². The molecule has 0 aliphatic carbocycles. The van der Waals surface area contributed by atoms with Crippen LogP contribution in [-0.2, 0) is 12.7 Å². The molecule has 2 aromatic carbocycles. The minimum Gasteiger partial charge on any atom is -0.413 e. The summed E-state index contributed by atoms with van der Waals surface area (Å²) in [6, 6.07) is 11.6. The van der Waals surface area contributed by atoms with Gasteiger partial charge >= 0.3 is 12.1 Å². The Kier molecular flexibility index (Phi) is 5.86. The number of carbonyl (C=O) groups excluding carboxylic acids is 1. The van der Waals surface area contributed by atoms with Crippen LogP contribution in [0.15, 0.2) is 71.4 Å². The van der Waals surface area contributed by atoms with Crippen molar-refractivity contribution in [2.24, 2.45) is 0 Å². The van der Waals surface area contributed by atoms with Crippen molar-refractivity contribution in [3.8, 4) is 11.5 Å². The number of anilines is 1. The van der Waals surface area contributed by atoms with Crippen LogP contribution < -0.4 is 4.90 Å². The molecule has 0 unspecified atom stereocenters. The minimum atomic E-state index is -4.83. The third-order valence-electron chi connectivity index (χ3n) is 4.59. The van der Waals surface area contributed by atoms with E-state index in [0.29, 0.717) is 0 Å². The standard InChI is InChI=1S/C22H13F5N4O2/c23-16-2-1-3-17(11-16)31(20(32)13-6-8-28-9-7-13)12-15-5-4-14(10-18(15)24)19-29-30-21(33-19)22(25,26)27/h1-11H,12H2.